The molecular formula is C29H41BrN4O5S. The normalized spacial score (nSPS) is 33.0. The summed E-state index contributed by atoms with van der Waals surface area (Å²) in [4.78, 5) is 46.0. The van der Waals surface area contributed by atoms with Crippen LogP contribution in [0.25, 0.3) is 0 Å². The molecule has 2 bridgehead atoms. The number of likely N-dealkylation sites (tertiary alicyclic amines) is 1. The second-order valence-corrected chi connectivity index (χ2v) is 14.2. The molecule has 4 aliphatic rings. The predicted molar refractivity (Wildman–Crippen MR) is 158 cm³/mol. The van der Waals surface area contributed by atoms with Gasteiger partial charge in [-0.1, -0.05) is 66.5 Å². The van der Waals surface area contributed by atoms with E-state index < -0.39 is 28.7 Å². The van der Waals surface area contributed by atoms with Gasteiger partial charge in [0.15, 0.2) is 0 Å². The lowest BCUT2D eigenvalue weighted by Gasteiger charge is -2.39. The highest BCUT2D eigenvalue weighted by atomic mass is 79.9. The number of aliphatic hydroxyl groups is 1. The molecule has 8 atom stereocenters. The first-order chi connectivity index (χ1) is 19.3. The Balaban J connectivity index is 1.41. The summed E-state index contributed by atoms with van der Waals surface area (Å²) in [7, 11) is 0. The first kappa shape index (κ1) is 29.8. The van der Waals surface area contributed by atoms with Crippen LogP contribution >= 0.6 is 27.7 Å². The van der Waals surface area contributed by atoms with E-state index in [0.717, 1.165) is 25.1 Å². The molecule has 1 spiro atoms. The largest absolute Gasteiger partial charge is 0.394 e. The molecule has 1 aromatic rings. The minimum absolute atomic E-state index is 0.000140. The molecule has 0 aliphatic carbocycles. The van der Waals surface area contributed by atoms with E-state index in [1.807, 2.05) is 44.2 Å². The van der Waals surface area contributed by atoms with E-state index >= 15 is 0 Å². The number of nitrogens with zero attached hydrogens (tertiary/aromatic N) is 2. The molecule has 3 amide bonds. The van der Waals surface area contributed by atoms with Crippen LogP contribution in [0.5, 0.6) is 0 Å². The summed E-state index contributed by atoms with van der Waals surface area (Å²) in [5, 5.41) is 16.6. The number of carbonyl (C=O) groups is 3. The molecule has 3 unspecified atom stereocenters. The molecule has 3 N–H and O–H groups in total. The summed E-state index contributed by atoms with van der Waals surface area (Å²) in [6.07, 6.45) is 1.38. The van der Waals surface area contributed by atoms with Crippen LogP contribution in [0, 0.1) is 17.8 Å². The number of hydrogen-bond donors (Lipinski definition) is 3. The van der Waals surface area contributed by atoms with Crippen LogP contribution in [-0.4, -0.2) is 106 Å². The molecule has 0 radical (unpaired) electrons. The van der Waals surface area contributed by atoms with Crippen molar-refractivity contribution in [1.29, 1.82) is 0 Å². The molecule has 0 aromatic heterocycles. The van der Waals surface area contributed by atoms with E-state index in [-0.39, 0.29) is 40.3 Å². The fourth-order valence-corrected chi connectivity index (χ4v) is 10.6. The van der Waals surface area contributed by atoms with Crippen molar-refractivity contribution in [3.8, 4) is 0 Å². The Labute approximate surface area is 249 Å². The van der Waals surface area contributed by atoms with E-state index in [1.54, 1.807) is 16.7 Å². The molecule has 4 saturated heterocycles. The molecular weight excluding hydrogens is 596 g/mol. The van der Waals surface area contributed by atoms with Crippen molar-refractivity contribution in [3.05, 3.63) is 35.9 Å². The van der Waals surface area contributed by atoms with Gasteiger partial charge in [-0.05, 0) is 17.9 Å². The molecule has 11 heteroatoms. The SMILES string of the molecule is CC[C@H](C)[C@H](CO)N1C(=O)[C@@H]2[C@@H](C(=O)NCc3ccccc3)[C@@H]3SC2(CC3Br)C1C(=O)NCCN1CCOCC1. The Kier molecular flexibility index (Phi) is 9.46. The number of rotatable bonds is 11. The molecule has 40 heavy (non-hydrogen) atoms. The third-order valence-electron chi connectivity index (χ3n) is 9.26. The number of benzene rings is 1. The van der Waals surface area contributed by atoms with Crippen molar-refractivity contribution in [3.63, 3.8) is 0 Å². The third-order valence-corrected chi connectivity index (χ3v) is 12.5. The molecule has 4 aliphatic heterocycles. The number of carbonyl (C=O) groups excluding carboxylic acids is 3. The molecule has 0 saturated carbocycles. The zero-order valence-electron chi connectivity index (χ0n) is 23.3. The number of thioether (sulfide) groups is 1. The molecule has 4 heterocycles. The van der Waals surface area contributed by atoms with E-state index in [0.29, 0.717) is 39.3 Å². The quantitative estimate of drug-likeness (QED) is 0.317. The summed E-state index contributed by atoms with van der Waals surface area (Å²) in [6.45, 7) is 8.42. The Morgan fingerprint density at radius 2 is 1.93 bits per heavy atom. The predicted octanol–water partition coefficient (Wildman–Crippen LogP) is 1.62. The fraction of sp³-hybridized carbons (Fsp3) is 0.690. The van der Waals surface area contributed by atoms with Gasteiger partial charge in [0.25, 0.3) is 0 Å². The van der Waals surface area contributed by atoms with E-state index in [2.05, 4.69) is 31.5 Å². The molecule has 9 nitrogen and oxygen atoms in total. The van der Waals surface area contributed by atoms with Crippen molar-refractivity contribution in [1.82, 2.24) is 20.4 Å². The third kappa shape index (κ3) is 5.44. The van der Waals surface area contributed by atoms with Gasteiger partial charge in [-0.25, -0.2) is 0 Å². The zero-order valence-corrected chi connectivity index (χ0v) is 25.7. The van der Waals surface area contributed by atoms with Gasteiger partial charge in [0.1, 0.15) is 6.04 Å². The number of hydrogen-bond acceptors (Lipinski definition) is 7. The van der Waals surface area contributed by atoms with Crippen LogP contribution in [0.4, 0.5) is 0 Å². The van der Waals surface area contributed by atoms with Crippen LogP contribution in [0.3, 0.4) is 0 Å². The van der Waals surface area contributed by atoms with E-state index in [4.69, 9.17) is 4.74 Å². The van der Waals surface area contributed by atoms with Gasteiger partial charge in [-0.3, -0.25) is 19.3 Å². The number of alkyl halides is 1. The Hall–Kier alpha value is -1.66. The summed E-state index contributed by atoms with van der Waals surface area (Å²) < 4.78 is 4.70. The van der Waals surface area contributed by atoms with Gasteiger partial charge in [0.2, 0.25) is 17.7 Å². The standard InChI is InChI=1S/C29H41BrN4O5S/c1-3-18(2)21(17-35)34-25(27(37)31-9-10-33-11-13-39-14-12-33)29-15-20(30)24(40-29)22(23(29)28(34)38)26(36)32-16-19-7-5-4-6-8-19/h4-8,18,20-25,35H,3,9-17H2,1-2H3,(H,31,37)(H,32,36)/t18-,20?,21-,22+,23-,24+,25?,29?/m0/s1. The van der Waals surface area contributed by atoms with Gasteiger partial charge in [0.05, 0.1) is 42.4 Å². The molecule has 4 fully saturated rings. The number of halogens is 1. The van der Waals surface area contributed by atoms with Gasteiger partial charge >= 0.3 is 0 Å². The maximum atomic E-state index is 14.3. The maximum absolute atomic E-state index is 14.3. The summed E-state index contributed by atoms with van der Waals surface area (Å²) >= 11 is 5.45. The monoisotopic (exact) mass is 636 g/mol. The number of nitrogens with one attached hydrogen (secondary N) is 2. The minimum atomic E-state index is -0.747. The molecule has 1 aromatic carbocycles. The van der Waals surface area contributed by atoms with Gasteiger partial charge in [-0.2, -0.15) is 0 Å². The van der Waals surface area contributed by atoms with Crippen LogP contribution < -0.4 is 10.6 Å². The number of morpholine rings is 1. The molecule has 220 valence electrons. The number of fused-ring (bicyclic) bond motifs is 1. The summed E-state index contributed by atoms with van der Waals surface area (Å²) in [5.74, 6) is -1.68. The Bertz CT molecular complexity index is 1080. The number of ether oxygens (including phenoxy) is 1. The Morgan fingerprint density at radius 3 is 2.60 bits per heavy atom. The lowest BCUT2D eigenvalue weighted by atomic mass is 9.70. The second-order valence-electron chi connectivity index (χ2n) is 11.5. The van der Waals surface area contributed by atoms with Crippen molar-refractivity contribution in [2.45, 2.75) is 60.1 Å². The van der Waals surface area contributed by atoms with Crippen molar-refractivity contribution < 1.29 is 24.2 Å². The summed E-state index contributed by atoms with van der Waals surface area (Å²) in [5.41, 5.74) is 0.991. The Morgan fingerprint density at radius 1 is 1.20 bits per heavy atom. The zero-order chi connectivity index (χ0) is 28.4. The highest BCUT2D eigenvalue weighted by Gasteiger charge is 2.76. The second kappa shape index (κ2) is 12.7. The fourth-order valence-electron chi connectivity index (χ4n) is 7.00. The lowest BCUT2D eigenvalue weighted by Crippen LogP contribution is -2.58. The van der Waals surface area contributed by atoms with Crippen molar-refractivity contribution >= 4 is 45.4 Å². The average Bonchev–Trinajstić information content (AvgIpc) is 3.56. The van der Waals surface area contributed by atoms with Gasteiger partial charge < -0.3 is 25.4 Å². The topological polar surface area (TPSA) is 111 Å². The molecule has 5 rings (SSSR count). The van der Waals surface area contributed by atoms with Crippen LogP contribution in [0.2, 0.25) is 0 Å². The first-order valence-electron chi connectivity index (χ1n) is 14.5. The van der Waals surface area contributed by atoms with Gasteiger partial charge in [0, 0.05) is 42.8 Å². The minimum Gasteiger partial charge on any atom is -0.394 e. The smallest absolute Gasteiger partial charge is 0.244 e. The van der Waals surface area contributed by atoms with E-state index in [9.17, 15) is 19.5 Å². The van der Waals surface area contributed by atoms with Crippen molar-refractivity contribution in [2.75, 3.05) is 46.0 Å². The van der Waals surface area contributed by atoms with Crippen molar-refractivity contribution in [2.24, 2.45) is 17.8 Å². The van der Waals surface area contributed by atoms with Crippen LogP contribution in [-0.2, 0) is 25.7 Å². The van der Waals surface area contributed by atoms with Crippen LogP contribution in [0.1, 0.15) is 32.3 Å². The average molecular weight is 638 g/mol. The number of amides is 3. The highest BCUT2D eigenvalue weighted by Crippen LogP contribution is 2.68. The first-order valence-corrected chi connectivity index (χ1v) is 16.3. The van der Waals surface area contributed by atoms with Gasteiger partial charge in [-0.15, -0.1) is 11.8 Å². The number of aliphatic hydroxyl groups excluding tert-OH is 1. The maximum Gasteiger partial charge on any atom is 0.244 e. The highest BCUT2D eigenvalue weighted by molar-refractivity contribution is 9.09. The van der Waals surface area contributed by atoms with Crippen LogP contribution in [0.15, 0.2) is 30.3 Å². The summed E-state index contributed by atoms with van der Waals surface area (Å²) in [6, 6.07) is 8.48. The lowest BCUT2D eigenvalue weighted by molar-refractivity contribution is -0.144. The van der Waals surface area contributed by atoms with E-state index in [1.165, 1.54) is 0 Å².